The van der Waals surface area contributed by atoms with Crippen LogP contribution in [0.2, 0.25) is 0 Å². The molecule has 0 aliphatic carbocycles. The maximum atomic E-state index is 13.9. The summed E-state index contributed by atoms with van der Waals surface area (Å²) in [5.41, 5.74) is 6.73. The Bertz CT molecular complexity index is 1520. The number of piperazine rings is 1. The molecule has 3 heterocycles. The molecule has 1 saturated heterocycles. The molecule has 2 aromatic heterocycles. The van der Waals surface area contributed by atoms with Crippen molar-refractivity contribution in [1.29, 1.82) is 0 Å². The van der Waals surface area contributed by atoms with Gasteiger partial charge in [-0.2, -0.15) is 5.10 Å². The maximum Gasteiger partial charge on any atom is 0.257 e. The van der Waals surface area contributed by atoms with E-state index in [1.807, 2.05) is 45.8 Å². The molecule has 0 radical (unpaired) electrons. The van der Waals surface area contributed by atoms with Crippen LogP contribution in [0.1, 0.15) is 53.0 Å². The van der Waals surface area contributed by atoms with Crippen LogP contribution in [-0.4, -0.2) is 56.5 Å². The zero-order chi connectivity index (χ0) is 26.8. The Labute approximate surface area is 229 Å². The summed E-state index contributed by atoms with van der Waals surface area (Å²) in [5.74, 6) is 0.139. The quantitative estimate of drug-likeness (QED) is 0.276. The van der Waals surface area contributed by atoms with Crippen molar-refractivity contribution >= 4 is 11.6 Å². The predicted molar refractivity (Wildman–Crippen MR) is 155 cm³/mol. The van der Waals surface area contributed by atoms with E-state index in [0.29, 0.717) is 18.7 Å². The van der Waals surface area contributed by atoms with Crippen molar-refractivity contribution in [3.8, 4) is 11.3 Å². The van der Waals surface area contributed by atoms with Crippen LogP contribution in [0, 0.1) is 0 Å². The number of benzene rings is 3. The Morgan fingerprint density at radius 3 is 1.90 bits per heavy atom. The van der Waals surface area contributed by atoms with E-state index >= 15 is 0 Å². The van der Waals surface area contributed by atoms with Gasteiger partial charge < -0.3 is 4.90 Å². The van der Waals surface area contributed by atoms with Crippen molar-refractivity contribution in [2.24, 2.45) is 0 Å². The third-order valence-corrected chi connectivity index (χ3v) is 7.56. The molecule has 1 aliphatic rings. The molecule has 6 nitrogen and oxygen atoms in total. The van der Waals surface area contributed by atoms with Gasteiger partial charge in [-0.05, 0) is 17.0 Å². The first-order valence-corrected chi connectivity index (χ1v) is 13.7. The van der Waals surface area contributed by atoms with Crippen LogP contribution in [0.4, 0.5) is 0 Å². The van der Waals surface area contributed by atoms with E-state index < -0.39 is 0 Å². The van der Waals surface area contributed by atoms with Gasteiger partial charge in [0.1, 0.15) is 0 Å². The van der Waals surface area contributed by atoms with Crippen molar-refractivity contribution < 1.29 is 4.79 Å². The van der Waals surface area contributed by atoms with Gasteiger partial charge in [0, 0.05) is 44.0 Å². The number of aromatic nitrogens is 3. The molecule has 0 unspecified atom stereocenters. The van der Waals surface area contributed by atoms with Gasteiger partial charge in [-0.25, -0.2) is 9.50 Å². The van der Waals surface area contributed by atoms with E-state index in [1.54, 1.807) is 6.20 Å². The molecule has 6 heteroatoms. The Kier molecular flexibility index (Phi) is 6.95. The average Bonchev–Trinajstić information content (AvgIpc) is 3.43. The van der Waals surface area contributed by atoms with Crippen molar-refractivity contribution in [3.05, 3.63) is 126 Å². The molecule has 3 aromatic carbocycles. The highest BCUT2D eigenvalue weighted by Gasteiger charge is 2.30. The molecule has 0 saturated carbocycles. The lowest BCUT2D eigenvalue weighted by Gasteiger charge is -2.40. The lowest BCUT2D eigenvalue weighted by Crippen LogP contribution is -2.50. The number of hydrogen-bond donors (Lipinski definition) is 0. The molecular weight excluding hydrogens is 482 g/mol. The van der Waals surface area contributed by atoms with Crippen molar-refractivity contribution in [3.63, 3.8) is 0 Å². The number of carbonyl (C=O) groups excluding carboxylic acids is 1. The second-order valence-electron chi connectivity index (χ2n) is 10.4. The fraction of sp³-hybridized carbons (Fsp3) is 0.242. The third-order valence-electron chi connectivity index (χ3n) is 7.56. The first kappa shape index (κ1) is 25.0. The lowest BCUT2D eigenvalue weighted by atomic mass is 9.96. The van der Waals surface area contributed by atoms with Crippen molar-refractivity contribution in [1.82, 2.24) is 24.4 Å². The summed E-state index contributed by atoms with van der Waals surface area (Å²) in [4.78, 5) is 23.0. The molecule has 196 valence electrons. The summed E-state index contributed by atoms with van der Waals surface area (Å²) >= 11 is 0. The van der Waals surface area contributed by atoms with E-state index in [2.05, 4.69) is 84.4 Å². The zero-order valence-electron chi connectivity index (χ0n) is 22.4. The van der Waals surface area contributed by atoms with Gasteiger partial charge in [0.05, 0.1) is 23.0 Å². The number of hydrogen-bond acceptors (Lipinski definition) is 4. The summed E-state index contributed by atoms with van der Waals surface area (Å²) in [6.45, 7) is 7.15. The Morgan fingerprint density at radius 1 is 0.769 bits per heavy atom. The summed E-state index contributed by atoms with van der Waals surface area (Å²) < 4.78 is 1.86. The van der Waals surface area contributed by atoms with Crippen LogP contribution < -0.4 is 0 Å². The Balaban J connectivity index is 1.26. The normalized spacial score (nSPS) is 14.4. The minimum absolute atomic E-state index is 0.0282. The SMILES string of the molecule is CC(C)c1c(C(=O)N2CCN(C(c3ccccc3)c3ccccc3)CC2)cnc2cc(-c3ccccc3)nn12. The number of rotatable bonds is 6. The van der Waals surface area contributed by atoms with E-state index in [0.717, 1.165) is 35.7 Å². The standard InChI is InChI=1S/C33H33N5O/c1-24(2)31-28(23-34-30-22-29(35-38(30)31)25-12-6-3-7-13-25)33(39)37-20-18-36(19-21-37)32(26-14-8-4-9-15-26)27-16-10-5-11-17-27/h3-17,22-24,32H,18-21H2,1-2H3. The van der Waals surface area contributed by atoms with Gasteiger partial charge in [0.15, 0.2) is 5.65 Å². The van der Waals surface area contributed by atoms with Crippen molar-refractivity contribution in [2.45, 2.75) is 25.8 Å². The first-order valence-electron chi connectivity index (χ1n) is 13.7. The summed E-state index contributed by atoms with van der Waals surface area (Å²) in [6, 6.07) is 33.5. The smallest absolute Gasteiger partial charge is 0.257 e. The van der Waals surface area contributed by atoms with Crippen molar-refractivity contribution in [2.75, 3.05) is 26.2 Å². The van der Waals surface area contributed by atoms with E-state index in [-0.39, 0.29) is 17.9 Å². The molecule has 0 N–H and O–H groups in total. The maximum absolute atomic E-state index is 13.9. The van der Waals surface area contributed by atoms with Gasteiger partial charge in [-0.15, -0.1) is 0 Å². The van der Waals surface area contributed by atoms with E-state index in [4.69, 9.17) is 5.10 Å². The first-order chi connectivity index (χ1) is 19.1. The van der Waals surface area contributed by atoms with Crippen LogP contribution in [0.3, 0.4) is 0 Å². The number of carbonyl (C=O) groups is 1. The monoisotopic (exact) mass is 515 g/mol. The molecule has 1 fully saturated rings. The minimum Gasteiger partial charge on any atom is -0.336 e. The summed E-state index contributed by atoms with van der Waals surface area (Å²) in [7, 11) is 0. The van der Waals surface area contributed by atoms with Gasteiger partial charge >= 0.3 is 0 Å². The average molecular weight is 516 g/mol. The van der Waals surface area contributed by atoms with Gasteiger partial charge in [0.2, 0.25) is 0 Å². The summed E-state index contributed by atoms with van der Waals surface area (Å²) in [5, 5.41) is 4.87. The lowest BCUT2D eigenvalue weighted by molar-refractivity contribution is 0.0594. The molecule has 1 amide bonds. The summed E-state index contributed by atoms with van der Waals surface area (Å²) in [6.07, 6.45) is 1.74. The molecule has 0 atom stereocenters. The van der Waals surface area contributed by atoms with Gasteiger partial charge in [0.25, 0.3) is 5.91 Å². The van der Waals surface area contributed by atoms with Crippen LogP contribution in [0.15, 0.2) is 103 Å². The second-order valence-corrected chi connectivity index (χ2v) is 10.4. The Morgan fingerprint density at radius 2 is 1.33 bits per heavy atom. The fourth-order valence-electron chi connectivity index (χ4n) is 5.66. The predicted octanol–water partition coefficient (Wildman–Crippen LogP) is 6.07. The van der Waals surface area contributed by atoms with Crippen LogP contribution >= 0.6 is 0 Å². The van der Waals surface area contributed by atoms with Gasteiger partial charge in [-0.3, -0.25) is 9.69 Å². The van der Waals surface area contributed by atoms with E-state index in [9.17, 15) is 4.79 Å². The minimum atomic E-state index is 0.0282. The van der Waals surface area contributed by atoms with Crippen LogP contribution in [-0.2, 0) is 0 Å². The zero-order valence-corrected chi connectivity index (χ0v) is 22.4. The second kappa shape index (κ2) is 10.8. The molecular formula is C33H33N5O. The highest BCUT2D eigenvalue weighted by Crippen LogP contribution is 2.30. The van der Waals surface area contributed by atoms with Gasteiger partial charge in [-0.1, -0.05) is 105 Å². The molecule has 0 spiro atoms. The number of amides is 1. The number of nitrogens with zero attached hydrogens (tertiary/aromatic N) is 5. The topological polar surface area (TPSA) is 53.7 Å². The highest BCUT2D eigenvalue weighted by molar-refractivity contribution is 5.95. The largest absolute Gasteiger partial charge is 0.336 e. The van der Waals surface area contributed by atoms with E-state index in [1.165, 1.54) is 11.1 Å². The molecule has 39 heavy (non-hydrogen) atoms. The highest BCUT2D eigenvalue weighted by atomic mass is 16.2. The fourth-order valence-corrected chi connectivity index (χ4v) is 5.66. The third kappa shape index (κ3) is 4.95. The molecule has 5 aromatic rings. The van der Waals surface area contributed by atoms with Crippen LogP contribution in [0.25, 0.3) is 16.9 Å². The molecule has 6 rings (SSSR count). The van der Waals surface area contributed by atoms with Crippen LogP contribution in [0.5, 0.6) is 0 Å². The molecule has 0 bridgehead atoms. The Hall–Kier alpha value is -4.29. The molecule has 1 aliphatic heterocycles. The number of fused-ring (bicyclic) bond motifs is 1.